The van der Waals surface area contributed by atoms with Gasteiger partial charge in [-0.05, 0) is 18.4 Å². The SMILES string of the molecule is C/C(=C\CO)C1(O)C(C)CC(=O)CC1(C)C. The minimum Gasteiger partial charge on any atom is -0.392 e. The van der Waals surface area contributed by atoms with Gasteiger partial charge in [-0.2, -0.15) is 0 Å². The highest BCUT2D eigenvalue weighted by Crippen LogP contribution is 2.49. The Morgan fingerprint density at radius 2 is 2.12 bits per heavy atom. The van der Waals surface area contributed by atoms with Crippen LogP contribution in [0.5, 0.6) is 0 Å². The maximum atomic E-state index is 11.6. The van der Waals surface area contributed by atoms with Gasteiger partial charge in [0.05, 0.1) is 12.2 Å². The van der Waals surface area contributed by atoms with E-state index in [9.17, 15) is 9.90 Å². The Morgan fingerprint density at radius 1 is 1.56 bits per heavy atom. The second kappa shape index (κ2) is 4.30. The Bertz CT molecular complexity index is 317. The quantitative estimate of drug-likeness (QED) is 0.704. The zero-order chi connectivity index (χ0) is 12.6. The smallest absolute Gasteiger partial charge is 0.133 e. The van der Waals surface area contributed by atoms with Crippen LogP contribution < -0.4 is 0 Å². The summed E-state index contributed by atoms with van der Waals surface area (Å²) in [6.45, 7) is 7.47. The zero-order valence-corrected chi connectivity index (χ0v) is 10.6. The standard InChI is InChI=1S/C13H22O3/c1-9(5-6-14)13(16)10(2)7-11(15)8-12(13,3)4/h5,10,14,16H,6-8H2,1-4H3/b9-5+. The number of aliphatic hydroxyl groups is 2. The summed E-state index contributed by atoms with van der Waals surface area (Å²) in [6.07, 6.45) is 2.44. The van der Waals surface area contributed by atoms with Crippen molar-refractivity contribution in [3.05, 3.63) is 11.6 Å². The molecule has 0 heterocycles. The molecule has 1 saturated carbocycles. The third-order valence-corrected chi connectivity index (χ3v) is 3.92. The molecule has 0 aliphatic heterocycles. The number of hydrogen-bond acceptors (Lipinski definition) is 3. The molecular formula is C13H22O3. The summed E-state index contributed by atoms with van der Waals surface area (Å²) in [5.41, 5.74) is -0.707. The first kappa shape index (κ1) is 13.4. The number of hydrogen-bond donors (Lipinski definition) is 2. The van der Waals surface area contributed by atoms with E-state index >= 15 is 0 Å². The van der Waals surface area contributed by atoms with E-state index < -0.39 is 11.0 Å². The van der Waals surface area contributed by atoms with E-state index in [2.05, 4.69) is 0 Å². The minimum atomic E-state index is -0.996. The molecule has 1 aliphatic carbocycles. The molecule has 0 bridgehead atoms. The molecule has 0 aromatic carbocycles. The normalized spacial score (nSPS) is 35.2. The molecule has 1 fully saturated rings. The molecule has 2 N–H and O–H groups in total. The first-order valence-electron chi connectivity index (χ1n) is 5.78. The van der Waals surface area contributed by atoms with Gasteiger partial charge in [-0.15, -0.1) is 0 Å². The fourth-order valence-corrected chi connectivity index (χ4v) is 3.07. The molecular weight excluding hydrogens is 204 g/mol. The maximum Gasteiger partial charge on any atom is 0.133 e. The fraction of sp³-hybridized carbons (Fsp3) is 0.769. The van der Waals surface area contributed by atoms with Gasteiger partial charge < -0.3 is 10.2 Å². The Labute approximate surface area is 97.2 Å². The van der Waals surface area contributed by atoms with E-state index in [1.165, 1.54) is 0 Å². The van der Waals surface area contributed by atoms with Crippen LogP contribution in [0.15, 0.2) is 11.6 Å². The van der Waals surface area contributed by atoms with Gasteiger partial charge >= 0.3 is 0 Å². The third-order valence-electron chi connectivity index (χ3n) is 3.92. The first-order chi connectivity index (χ1) is 7.25. The van der Waals surface area contributed by atoms with Crippen molar-refractivity contribution < 1.29 is 15.0 Å². The zero-order valence-electron chi connectivity index (χ0n) is 10.6. The molecule has 3 nitrogen and oxygen atoms in total. The average Bonchev–Trinajstić information content (AvgIpc) is 2.13. The molecule has 3 heteroatoms. The molecule has 0 saturated heterocycles. The van der Waals surface area contributed by atoms with Crippen LogP contribution in [-0.4, -0.2) is 28.2 Å². The number of carbonyl (C=O) groups excluding carboxylic acids is 1. The van der Waals surface area contributed by atoms with Crippen molar-refractivity contribution in [1.29, 1.82) is 0 Å². The largest absolute Gasteiger partial charge is 0.392 e. The average molecular weight is 226 g/mol. The Balaban J connectivity index is 3.17. The van der Waals surface area contributed by atoms with E-state index in [0.29, 0.717) is 12.8 Å². The molecule has 1 rings (SSSR count). The Kier molecular flexibility index (Phi) is 3.60. The van der Waals surface area contributed by atoms with Crippen molar-refractivity contribution in [2.75, 3.05) is 6.61 Å². The van der Waals surface area contributed by atoms with Crippen LogP contribution in [0, 0.1) is 11.3 Å². The van der Waals surface area contributed by atoms with Crippen molar-refractivity contribution >= 4 is 5.78 Å². The predicted molar refractivity (Wildman–Crippen MR) is 63.0 cm³/mol. The van der Waals surface area contributed by atoms with E-state index in [1.807, 2.05) is 27.7 Å². The molecule has 16 heavy (non-hydrogen) atoms. The summed E-state index contributed by atoms with van der Waals surface area (Å²) in [4.78, 5) is 11.6. The second-order valence-electron chi connectivity index (χ2n) is 5.54. The fourth-order valence-electron chi connectivity index (χ4n) is 3.07. The summed E-state index contributed by atoms with van der Waals surface area (Å²) in [5, 5.41) is 19.8. The van der Waals surface area contributed by atoms with Crippen LogP contribution in [-0.2, 0) is 4.79 Å². The number of ketones is 1. The van der Waals surface area contributed by atoms with Crippen LogP contribution in [0.3, 0.4) is 0 Å². The number of aliphatic hydroxyl groups excluding tert-OH is 1. The highest BCUT2D eigenvalue weighted by atomic mass is 16.3. The molecule has 1 aliphatic rings. The molecule has 0 spiro atoms. The van der Waals surface area contributed by atoms with Gasteiger partial charge in [0.1, 0.15) is 5.78 Å². The van der Waals surface area contributed by atoms with Crippen molar-refractivity contribution in [2.45, 2.75) is 46.1 Å². The first-order valence-corrected chi connectivity index (χ1v) is 5.78. The lowest BCUT2D eigenvalue weighted by Crippen LogP contribution is -2.55. The van der Waals surface area contributed by atoms with Gasteiger partial charge in [0, 0.05) is 18.3 Å². The van der Waals surface area contributed by atoms with Gasteiger partial charge in [-0.3, -0.25) is 4.79 Å². The monoisotopic (exact) mass is 226 g/mol. The van der Waals surface area contributed by atoms with E-state index in [-0.39, 0.29) is 18.3 Å². The second-order valence-corrected chi connectivity index (χ2v) is 5.54. The van der Waals surface area contributed by atoms with Crippen molar-refractivity contribution in [3.8, 4) is 0 Å². The van der Waals surface area contributed by atoms with Gasteiger partial charge in [-0.25, -0.2) is 0 Å². The molecule has 0 aromatic heterocycles. The third kappa shape index (κ3) is 1.94. The van der Waals surface area contributed by atoms with E-state index in [4.69, 9.17) is 5.11 Å². The summed E-state index contributed by atoms with van der Waals surface area (Å²) in [6, 6.07) is 0. The minimum absolute atomic E-state index is 0.0785. The highest BCUT2D eigenvalue weighted by molar-refractivity contribution is 5.81. The molecule has 2 unspecified atom stereocenters. The molecule has 0 aromatic rings. The van der Waals surface area contributed by atoms with E-state index in [0.717, 1.165) is 5.57 Å². The van der Waals surface area contributed by atoms with Crippen molar-refractivity contribution in [3.63, 3.8) is 0 Å². The van der Waals surface area contributed by atoms with Gasteiger partial charge in [0.15, 0.2) is 0 Å². The topological polar surface area (TPSA) is 57.5 Å². The van der Waals surface area contributed by atoms with Gasteiger partial charge in [0.2, 0.25) is 0 Å². The van der Waals surface area contributed by atoms with E-state index in [1.54, 1.807) is 6.08 Å². The lowest BCUT2D eigenvalue weighted by molar-refractivity contribution is -0.145. The lowest BCUT2D eigenvalue weighted by atomic mass is 9.58. The lowest BCUT2D eigenvalue weighted by Gasteiger charge is -2.50. The highest BCUT2D eigenvalue weighted by Gasteiger charge is 2.52. The molecule has 0 amide bonds. The van der Waals surface area contributed by atoms with Crippen LogP contribution in [0.25, 0.3) is 0 Å². The Morgan fingerprint density at radius 3 is 2.56 bits per heavy atom. The summed E-state index contributed by atoms with van der Waals surface area (Å²) < 4.78 is 0. The van der Waals surface area contributed by atoms with Crippen LogP contribution in [0.1, 0.15) is 40.5 Å². The van der Waals surface area contributed by atoms with Crippen molar-refractivity contribution in [2.24, 2.45) is 11.3 Å². The predicted octanol–water partition coefficient (Wildman–Crippen LogP) is 1.68. The summed E-state index contributed by atoms with van der Waals surface area (Å²) in [7, 11) is 0. The molecule has 2 atom stereocenters. The van der Waals surface area contributed by atoms with Crippen LogP contribution >= 0.6 is 0 Å². The maximum absolute atomic E-state index is 11.6. The van der Waals surface area contributed by atoms with Crippen LogP contribution in [0.4, 0.5) is 0 Å². The summed E-state index contributed by atoms with van der Waals surface area (Å²) >= 11 is 0. The Hall–Kier alpha value is -0.670. The van der Waals surface area contributed by atoms with Crippen molar-refractivity contribution in [1.82, 2.24) is 0 Å². The summed E-state index contributed by atoms with van der Waals surface area (Å²) in [5.74, 6) is 0.102. The number of Topliss-reactive ketones (excluding diaryl/α,β-unsaturated/α-hetero) is 1. The van der Waals surface area contributed by atoms with Gasteiger partial charge in [-0.1, -0.05) is 26.8 Å². The van der Waals surface area contributed by atoms with Crippen LogP contribution in [0.2, 0.25) is 0 Å². The number of carbonyl (C=O) groups is 1. The number of rotatable bonds is 2. The molecule has 0 radical (unpaired) electrons. The molecule has 92 valence electrons. The van der Waals surface area contributed by atoms with Gasteiger partial charge in [0.25, 0.3) is 0 Å².